The summed E-state index contributed by atoms with van der Waals surface area (Å²) in [5.74, 6) is -0.930. The van der Waals surface area contributed by atoms with Crippen LogP contribution in [0.5, 0.6) is 0 Å². The molecule has 3 amide bonds. The molecular formula is C31H43N3O4. The number of benzene rings is 2. The summed E-state index contributed by atoms with van der Waals surface area (Å²) in [5.41, 5.74) is 3.50. The highest BCUT2D eigenvalue weighted by atomic mass is 16.6. The predicted molar refractivity (Wildman–Crippen MR) is 153 cm³/mol. The Morgan fingerprint density at radius 2 is 1.66 bits per heavy atom. The highest BCUT2D eigenvalue weighted by molar-refractivity contribution is 5.99. The number of nitrogens with one attached hydrogen (secondary N) is 2. The first-order valence-corrected chi connectivity index (χ1v) is 13.1. The molecule has 0 heterocycles. The lowest BCUT2D eigenvalue weighted by molar-refractivity contribution is -0.141. The number of nitrogens with zero attached hydrogens (tertiary/aromatic N) is 1. The minimum absolute atomic E-state index is 0.112. The Labute approximate surface area is 227 Å². The summed E-state index contributed by atoms with van der Waals surface area (Å²) in [4.78, 5) is 42.4. The fraction of sp³-hybridized carbons (Fsp3) is 0.452. The number of rotatable bonds is 10. The van der Waals surface area contributed by atoms with Crippen molar-refractivity contribution in [2.24, 2.45) is 5.92 Å². The van der Waals surface area contributed by atoms with Gasteiger partial charge in [0.2, 0.25) is 5.91 Å². The van der Waals surface area contributed by atoms with E-state index in [0.29, 0.717) is 17.7 Å². The predicted octanol–water partition coefficient (Wildman–Crippen LogP) is 6.25. The third kappa shape index (κ3) is 7.94. The minimum Gasteiger partial charge on any atom is -0.444 e. The molecule has 0 aromatic heterocycles. The van der Waals surface area contributed by atoms with Crippen LogP contribution in [0.2, 0.25) is 0 Å². The number of anilines is 1. The Morgan fingerprint density at radius 3 is 2.24 bits per heavy atom. The van der Waals surface area contributed by atoms with Crippen LogP contribution in [0, 0.1) is 26.7 Å². The Morgan fingerprint density at radius 1 is 1.03 bits per heavy atom. The van der Waals surface area contributed by atoms with E-state index in [4.69, 9.17) is 4.74 Å². The maximum Gasteiger partial charge on any atom is 0.408 e. The molecular weight excluding hydrogens is 478 g/mol. The minimum atomic E-state index is -0.952. The van der Waals surface area contributed by atoms with Crippen molar-refractivity contribution in [2.45, 2.75) is 79.5 Å². The van der Waals surface area contributed by atoms with Crippen LogP contribution in [-0.2, 0) is 14.3 Å². The molecule has 2 rings (SSSR count). The molecule has 0 spiro atoms. The van der Waals surface area contributed by atoms with Crippen molar-refractivity contribution in [3.05, 3.63) is 77.4 Å². The number of ether oxygens (including phenoxy) is 1. The Bertz CT molecular complexity index is 1150. The van der Waals surface area contributed by atoms with Gasteiger partial charge in [0.1, 0.15) is 17.7 Å². The zero-order valence-electron chi connectivity index (χ0n) is 24.1. The number of aryl methyl sites for hydroxylation is 2. The van der Waals surface area contributed by atoms with E-state index in [1.807, 2.05) is 77.1 Å². The lowest BCUT2D eigenvalue weighted by atomic mass is 9.93. The van der Waals surface area contributed by atoms with E-state index < -0.39 is 23.8 Å². The van der Waals surface area contributed by atoms with Gasteiger partial charge in [-0.3, -0.25) is 9.59 Å². The van der Waals surface area contributed by atoms with Crippen molar-refractivity contribution in [1.29, 1.82) is 0 Å². The number of carbonyl (C=O) groups excluding carboxylic acids is 3. The molecule has 0 aliphatic heterocycles. The highest BCUT2D eigenvalue weighted by Crippen LogP contribution is 2.30. The van der Waals surface area contributed by atoms with Gasteiger partial charge in [-0.15, -0.1) is 6.58 Å². The zero-order valence-corrected chi connectivity index (χ0v) is 24.1. The molecule has 0 saturated heterocycles. The van der Waals surface area contributed by atoms with Gasteiger partial charge in [0.15, 0.2) is 0 Å². The fourth-order valence-electron chi connectivity index (χ4n) is 4.19. The van der Waals surface area contributed by atoms with E-state index >= 15 is 0 Å². The number of carbonyl (C=O) groups is 3. The summed E-state index contributed by atoms with van der Waals surface area (Å²) >= 11 is 0. The summed E-state index contributed by atoms with van der Waals surface area (Å²) in [6, 6.07) is 11.4. The first-order valence-electron chi connectivity index (χ1n) is 13.1. The third-order valence-electron chi connectivity index (χ3n) is 6.66. The van der Waals surface area contributed by atoms with Crippen LogP contribution in [0.25, 0.3) is 0 Å². The van der Waals surface area contributed by atoms with Gasteiger partial charge in [-0.05, 0) is 75.8 Å². The number of hydrogen-bond donors (Lipinski definition) is 2. The molecule has 0 fully saturated rings. The van der Waals surface area contributed by atoms with Gasteiger partial charge in [-0.1, -0.05) is 62.7 Å². The van der Waals surface area contributed by atoms with Crippen molar-refractivity contribution in [3.63, 3.8) is 0 Å². The highest BCUT2D eigenvalue weighted by Gasteiger charge is 2.38. The maximum atomic E-state index is 14.2. The van der Waals surface area contributed by atoms with Gasteiger partial charge in [-0.25, -0.2) is 4.79 Å². The van der Waals surface area contributed by atoms with Crippen LogP contribution >= 0.6 is 0 Å². The number of alkyl carbamates (subject to hydrolysis) is 1. The second-order valence-corrected chi connectivity index (χ2v) is 10.8. The van der Waals surface area contributed by atoms with Crippen LogP contribution in [0.4, 0.5) is 10.5 Å². The molecule has 0 aliphatic rings. The van der Waals surface area contributed by atoms with Crippen LogP contribution in [0.3, 0.4) is 0 Å². The summed E-state index contributed by atoms with van der Waals surface area (Å²) in [7, 11) is 0. The van der Waals surface area contributed by atoms with Crippen molar-refractivity contribution in [3.8, 4) is 0 Å². The normalized spacial score (nSPS) is 13.6. The summed E-state index contributed by atoms with van der Waals surface area (Å²) < 4.78 is 5.45. The summed E-state index contributed by atoms with van der Waals surface area (Å²) in [5, 5.41) is 5.80. The molecule has 38 heavy (non-hydrogen) atoms. The molecule has 7 nitrogen and oxygen atoms in total. The monoisotopic (exact) mass is 521 g/mol. The Kier molecular flexibility index (Phi) is 10.7. The van der Waals surface area contributed by atoms with Crippen LogP contribution in [0.15, 0.2) is 55.1 Å². The van der Waals surface area contributed by atoms with E-state index in [9.17, 15) is 14.4 Å². The van der Waals surface area contributed by atoms with Crippen molar-refractivity contribution >= 4 is 23.6 Å². The molecule has 0 saturated carbocycles. The maximum absolute atomic E-state index is 14.2. The van der Waals surface area contributed by atoms with E-state index in [1.165, 1.54) is 4.90 Å². The molecule has 2 aromatic carbocycles. The third-order valence-corrected chi connectivity index (χ3v) is 6.66. The zero-order chi connectivity index (χ0) is 28.6. The number of amides is 3. The number of para-hydroxylation sites is 1. The van der Waals surface area contributed by atoms with E-state index in [-0.39, 0.29) is 24.3 Å². The van der Waals surface area contributed by atoms with Crippen LogP contribution < -0.4 is 10.6 Å². The number of hydrogen-bond acceptors (Lipinski definition) is 4. The lowest BCUT2D eigenvalue weighted by Crippen LogP contribution is -2.54. The van der Waals surface area contributed by atoms with Gasteiger partial charge in [-0.2, -0.15) is 0 Å². The van der Waals surface area contributed by atoms with E-state index in [1.54, 1.807) is 26.8 Å². The van der Waals surface area contributed by atoms with Crippen LogP contribution in [-0.4, -0.2) is 41.0 Å². The van der Waals surface area contributed by atoms with Gasteiger partial charge < -0.3 is 20.3 Å². The molecule has 0 radical (unpaired) electrons. The molecule has 7 heteroatoms. The fourth-order valence-corrected chi connectivity index (χ4v) is 4.19. The van der Waals surface area contributed by atoms with Gasteiger partial charge in [0.25, 0.3) is 5.91 Å². The Hall–Kier alpha value is -3.61. The summed E-state index contributed by atoms with van der Waals surface area (Å²) in [6.45, 7) is 18.9. The van der Waals surface area contributed by atoms with E-state index in [2.05, 4.69) is 17.2 Å². The van der Waals surface area contributed by atoms with Gasteiger partial charge in [0, 0.05) is 12.2 Å². The lowest BCUT2D eigenvalue weighted by Gasteiger charge is -2.36. The molecule has 0 bridgehead atoms. The molecule has 3 unspecified atom stereocenters. The summed E-state index contributed by atoms with van der Waals surface area (Å²) in [6.07, 6.45) is 1.55. The second kappa shape index (κ2) is 13.3. The molecule has 3 atom stereocenters. The average Bonchev–Trinajstić information content (AvgIpc) is 2.84. The molecule has 206 valence electrons. The molecule has 0 aliphatic carbocycles. The second-order valence-electron chi connectivity index (χ2n) is 10.8. The quantitative estimate of drug-likeness (QED) is 0.362. The first kappa shape index (κ1) is 30.6. The topological polar surface area (TPSA) is 87.7 Å². The largest absolute Gasteiger partial charge is 0.444 e. The van der Waals surface area contributed by atoms with Crippen LogP contribution in [0.1, 0.15) is 69.3 Å². The van der Waals surface area contributed by atoms with E-state index in [0.717, 1.165) is 16.7 Å². The van der Waals surface area contributed by atoms with Gasteiger partial charge >= 0.3 is 6.09 Å². The average molecular weight is 522 g/mol. The molecule has 2 aromatic rings. The van der Waals surface area contributed by atoms with Crippen molar-refractivity contribution < 1.29 is 19.1 Å². The smallest absolute Gasteiger partial charge is 0.408 e. The first-order chi connectivity index (χ1) is 17.8. The van der Waals surface area contributed by atoms with Crippen molar-refractivity contribution in [2.75, 3.05) is 11.9 Å². The van der Waals surface area contributed by atoms with Crippen molar-refractivity contribution in [1.82, 2.24) is 10.2 Å². The molecule has 2 N–H and O–H groups in total. The van der Waals surface area contributed by atoms with Gasteiger partial charge in [0.05, 0.1) is 0 Å². The SMILES string of the molecule is C=CCN(C(=O)C(NC(=O)OC(C)(C)C)C(C)CC)C(C(=O)Nc1ccccc1C)c1cccc(C)c1C. The standard InChI is InChI=1S/C31H43N3O4/c1-10-19-34(29(36)26(20(3)11-2)33-30(37)38-31(7,8)9)27(24-17-14-16-21(4)23(24)6)28(35)32-25-18-13-12-15-22(25)5/h10,12-18,20,26-27H,1,11,19H2,2-9H3,(H,32,35)(H,33,37). The Balaban J connectivity index is 2.60.